The summed E-state index contributed by atoms with van der Waals surface area (Å²) in [5.41, 5.74) is 0. The molecule has 18 heavy (non-hydrogen) atoms. The minimum Gasteiger partial charge on any atom is -0.392 e. The molecule has 0 heterocycles. The molecule has 1 atom stereocenters. The molecule has 1 amide bonds. The Bertz CT molecular complexity index is 245. The molecule has 0 bridgehead atoms. The van der Waals surface area contributed by atoms with Gasteiger partial charge >= 0.3 is 0 Å². The van der Waals surface area contributed by atoms with E-state index in [-0.39, 0.29) is 11.8 Å². The third-order valence-corrected chi connectivity index (χ3v) is 4.08. The molecule has 1 rings (SSSR count). The van der Waals surface area contributed by atoms with Crippen molar-refractivity contribution >= 4 is 5.91 Å². The van der Waals surface area contributed by atoms with Crippen molar-refractivity contribution in [2.75, 3.05) is 13.6 Å². The van der Waals surface area contributed by atoms with Crippen LogP contribution in [0.15, 0.2) is 0 Å². The fraction of sp³-hybridized carbons (Fsp3) is 0.933. The lowest BCUT2D eigenvalue weighted by Gasteiger charge is -2.31. The summed E-state index contributed by atoms with van der Waals surface area (Å²) >= 11 is 0. The van der Waals surface area contributed by atoms with Gasteiger partial charge in [-0.2, -0.15) is 0 Å². The molecule has 1 unspecified atom stereocenters. The van der Waals surface area contributed by atoms with Crippen LogP contribution in [-0.4, -0.2) is 35.6 Å². The molecule has 3 nitrogen and oxygen atoms in total. The highest BCUT2D eigenvalue weighted by atomic mass is 16.3. The number of unbranched alkanes of at least 4 members (excludes halogenated alkanes) is 1. The van der Waals surface area contributed by atoms with E-state index in [1.807, 2.05) is 0 Å². The lowest BCUT2D eigenvalue weighted by Crippen LogP contribution is -2.38. The zero-order valence-electron chi connectivity index (χ0n) is 12.2. The Morgan fingerprint density at radius 1 is 1.33 bits per heavy atom. The van der Waals surface area contributed by atoms with Crippen LogP contribution < -0.4 is 0 Å². The van der Waals surface area contributed by atoms with Gasteiger partial charge in [-0.15, -0.1) is 0 Å². The third kappa shape index (κ3) is 4.97. The first-order valence-electron chi connectivity index (χ1n) is 7.47. The normalized spacial score (nSPS) is 25.8. The molecule has 0 aromatic heterocycles. The van der Waals surface area contributed by atoms with Crippen LogP contribution in [-0.2, 0) is 4.79 Å². The Kier molecular flexibility index (Phi) is 6.69. The molecule has 0 spiro atoms. The summed E-state index contributed by atoms with van der Waals surface area (Å²) in [4.78, 5) is 13.9. The van der Waals surface area contributed by atoms with Crippen molar-refractivity contribution in [1.29, 1.82) is 0 Å². The third-order valence-electron chi connectivity index (χ3n) is 4.08. The van der Waals surface area contributed by atoms with Gasteiger partial charge in [0.2, 0.25) is 5.91 Å². The molecular formula is C15H29NO2. The number of likely N-dealkylation sites (N-methyl/N-ethyl adjacent to an activating group) is 1. The number of hydrogen-bond acceptors (Lipinski definition) is 2. The quantitative estimate of drug-likeness (QED) is 0.793. The van der Waals surface area contributed by atoms with Crippen molar-refractivity contribution in [3.05, 3.63) is 0 Å². The first-order valence-corrected chi connectivity index (χ1v) is 7.47. The number of aliphatic hydroxyl groups excluding tert-OH is 1. The summed E-state index contributed by atoms with van der Waals surface area (Å²) in [5.74, 6) is 1.27. The van der Waals surface area contributed by atoms with E-state index < -0.39 is 6.10 Å². The second-order valence-electron chi connectivity index (χ2n) is 5.93. The van der Waals surface area contributed by atoms with E-state index in [4.69, 9.17) is 0 Å². The van der Waals surface area contributed by atoms with Crippen LogP contribution in [0.5, 0.6) is 0 Å². The SMILES string of the molecule is CCCCC1CCC(C(=O)N(C)CC(C)O)CC1. The molecule has 0 aromatic rings. The van der Waals surface area contributed by atoms with Crippen LogP contribution in [0.25, 0.3) is 0 Å². The van der Waals surface area contributed by atoms with E-state index in [0.717, 1.165) is 18.8 Å². The van der Waals surface area contributed by atoms with Crippen LogP contribution in [0.2, 0.25) is 0 Å². The minimum atomic E-state index is -0.431. The van der Waals surface area contributed by atoms with Crippen molar-refractivity contribution in [2.24, 2.45) is 11.8 Å². The van der Waals surface area contributed by atoms with Crippen LogP contribution in [0.3, 0.4) is 0 Å². The lowest BCUT2D eigenvalue weighted by molar-refractivity contribution is -0.136. The molecule has 1 aliphatic carbocycles. The summed E-state index contributed by atoms with van der Waals surface area (Å²) in [6.45, 7) is 4.42. The maximum absolute atomic E-state index is 12.2. The van der Waals surface area contributed by atoms with Crippen LogP contribution in [0, 0.1) is 11.8 Å². The van der Waals surface area contributed by atoms with Crippen molar-refractivity contribution < 1.29 is 9.90 Å². The van der Waals surface area contributed by atoms with Crippen molar-refractivity contribution in [1.82, 2.24) is 4.90 Å². The number of carbonyl (C=O) groups excluding carboxylic acids is 1. The van der Waals surface area contributed by atoms with Gasteiger partial charge in [-0.25, -0.2) is 0 Å². The highest BCUT2D eigenvalue weighted by Gasteiger charge is 2.28. The zero-order valence-corrected chi connectivity index (χ0v) is 12.2. The molecule has 0 saturated heterocycles. The number of carbonyl (C=O) groups is 1. The van der Waals surface area contributed by atoms with Gasteiger partial charge in [-0.05, 0) is 38.5 Å². The predicted molar refractivity (Wildman–Crippen MR) is 74.3 cm³/mol. The molecule has 0 aliphatic heterocycles. The van der Waals surface area contributed by atoms with Crippen molar-refractivity contribution in [2.45, 2.75) is 64.9 Å². The molecule has 1 saturated carbocycles. The van der Waals surface area contributed by atoms with E-state index in [1.165, 1.54) is 32.1 Å². The van der Waals surface area contributed by atoms with Gasteiger partial charge in [0, 0.05) is 19.5 Å². The molecule has 1 N–H and O–H groups in total. The fourth-order valence-corrected chi connectivity index (χ4v) is 2.99. The predicted octanol–water partition coefficient (Wildman–Crippen LogP) is 2.82. The van der Waals surface area contributed by atoms with E-state index in [0.29, 0.717) is 6.54 Å². The number of nitrogens with zero attached hydrogens (tertiary/aromatic N) is 1. The number of aliphatic hydroxyl groups is 1. The summed E-state index contributed by atoms with van der Waals surface area (Å²) < 4.78 is 0. The highest BCUT2D eigenvalue weighted by molar-refractivity contribution is 5.78. The first-order chi connectivity index (χ1) is 8.54. The van der Waals surface area contributed by atoms with Gasteiger partial charge in [0.25, 0.3) is 0 Å². The van der Waals surface area contributed by atoms with Gasteiger partial charge in [0.1, 0.15) is 0 Å². The largest absolute Gasteiger partial charge is 0.392 e. The summed E-state index contributed by atoms with van der Waals surface area (Å²) in [5, 5.41) is 9.32. The smallest absolute Gasteiger partial charge is 0.225 e. The monoisotopic (exact) mass is 255 g/mol. The standard InChI is InChI=1S/C15H29NO2/c1-4-5-6-13-7-9-14(10-8-13)15(18)16(3)11-12(2)17/h12-14,17H,4-11H2,1-3H3. The average Bonchev–Trinajstić information content (AvgIpc) is 2.35. The molecule has 3 heteroatoms. The van der Waals surface area contributed by atoms with E-state index in [9.17, 15) is 9.90 Å². The van der Waals surface area contributed by atoms with Crippen molar-refractivity contribution in [3.8, 4) is 0 Å². The Morgan fingerprint density at radius 2 is 1.94 bits per heavy atom. The van der Waals surface area contributed by atoms with Gasteiger partial charge < -0.3 is 10.0 Å². The average molecular weight is 255 g/mol. The molecule has 106 valence electrons. The molecule has 1 aliphatic rings. The van der Waals surface area contributed by atoms with Gasteiger partial charge in [0.05, 0.1) is 6.10 Å². The van der Waals surface area contributed by atoms with Crippen LogP contribution >= 0.6 is 0 Å². The van der Waals surface area contributed by atoms with Gasteiger partial charge in [-0.3, -0.25) is 4.79 Å². The second-order valence-corrected chi connectivity index (χ2v) is 5.93. The lowest BCUT2D eigenvalue weighted by atomic mass is 9.79. The van der Waals surface area contributed by atoms with E-state index >= 15 is 0 Å². The Balaban J connectivity index is 2.31. The number of rotatable bonds is 6. The zero-order chi connectivity index (χ0) is 13.5. The molecule has 1 fully saturated rings. The Morgan fingerprint density at radius 3 is 2.44 bits per heavy atom. The summed E-state index contributed by atoms with van der Waals surface area (Å²) in [6.07, 6.45) is 7.99. The fourth-order valence-electron chi connectivity index (χ4n) is 2.99. The summed E-state index contributed by atoms with van der Waals surface area (Å²) in [7, 11) is 1.80. The molecular weight excluding hydrogens is 226 g/mol. The molecule has 0 aromatic carbocycles. The van der Waals surface area contributed by atoms with Gasteiger partial charge in [-0.1, -0.05) is 26.2 Å². The van der Waals surface area contributed by atoms with Crippen molar-refractivity contribution in [3.63, 3.8) is 0 Å². The first kappa shape index (κ1) is 15.5. The number of amides is 1. The van der Waals surface area contributed by atoms with E-state index in [2.05, 4.69) is 6.92 Å². The highest BCUT2D eigenvalue weighted by Crippen LogP contribution is 2.32. The van der Waals surface area contributed by atoms with Crippen LogP contribution in [0.1, 0.15) is 58.8 Å². The number of hydrogen-bond donors (Lipinski definition) is 1. The van der Waals surface area contributed by atoms with Gasteiger partial charge in [0.15, 0.2) is 0 Å². The Labute approximate surface area is 112 Å². The molecule has 0 radical (unpaired) electrons. The maximum Gasteiger partial charge on any atom is 0.225 e. The Hall–Kier alpha value is -0.570. The maximum atomic E-state index is 12.2. The van der Waals surface area contributed by atoms with Crippen LogP contribution in [0.4, 0.5) is 0 Å². The topological polar surface area (TPSA) is 40.5 Å². The second kappa shape index (κ2) is 7.78. The van der Waals surface area contributed by atoms with E-state index in [1.54, 1.807) is 18.9 Å². The summed E-state index contributed by atoms with van der Waals surface area (Å²) in [6, 6.07) is 0. The minimum absolute atomic E-state index is 0.201.